The lowest BCUT2D eigenvalue weighted by Crippen LogP contribution is -2.20. The molecule has 112 valence electrons. The molecular weight excluding hydrogens is 272 g/mol. The average Bonchev–Trinajstić information content (AvgIpc) is 2.36. The second-order valence-corrected chi connectivity index (χ2v) is 4.15. The fourth-order valence-electron chi connectivity index (χ4n) is 1.38. The fourth-order valence-corrected chi connectivity index (χ4v) is 1.38. The number of halogens is 2. The summed E-state index contributed by atoms with van der Waals surface area (Å²) in [6.07, 6.45) is -0.0747. The van der Waals surface area contributed by atoms with E-state index in [1.54, 1.807) is 13.8 Å². The maximum atomic E-state index is 12.3. The van der Waals surface area contributed by atoms with Crippen LogP contribution in [0.2, 0.25) is 0 Å². The van der Waals surface area contributed by atoms with Crippen molar-refractivity contribution >= 4 is 11.6 Å². The predicted molar refractivity (Wildman–Crippen MR) is 69.3 cm³/mol. The largest absolute Gasteiger partial charge is 0.493 e. The number of hydrogen-bond donors (Lipinski definition) is 1. The average molecular weight is 289 g/mol. The lowest BCUT2D eigenvalue weighted by atomic mass is 10.2. The molecule has 0 radical (unpaired) electrons. The van der Waals surface area contributed by atoms with Crippen LogP contribution in [-0.4, -0.2) is 32.3 Å². The van der Waals surface area contributed by atoms with Crippen molar-refractivity contribution in [2.45, 2.75) is 26.6 Å². The van der Waals surface area contributed by atoms with Crippen LogP contribution in [0.25, 0.3) is 0 Å². The van der Waals surface area contributed by atoms with Gasteiger partial charge in [0.05, 0.1) is 13.2 Å². The maximum absolute atomic E-state index is 12.3. The summed E-state index contributed by atoms with van der Waals surface area (Å²) in [5.74, 6) is -0.376. The van der Waals surface area contributed by atoms with Crippen LogP contribution in [-0.2, 0) is 9.53 Å². The van der Waals surface area contributed by atoms with Crippen molar-refractivity contribution in [2.75, 3.05) is 19.0 Å². The molecule has 1 rings (SSSR count). The molecule has 1 N–H and O–H groups in total. The van der Waals surface area contributed by atoms with Crippen molar-refractivity contribution in [3.05, 3.63) is 18.2 Å². The topological polar surface area (TPSA) is 56.8 Å². The van der Waals surface area contributed by atoms with Gasteiger partial charge in [-0.05, 0) is 26.0 Å². The van der Waals surface area contributed by atoms with E-state index in [4.69, 9.17) is 9.47 Å². The Morgan fingerprint density at radius 3 is 2.55 bits per heavy atom. The van der Waals surface area contributed by atoms with Gasteiger partial charge in [0, 0.05) is 11.8 Å². The highest BCUT2D eigenvalue weighted by molar-refractivity contribution is 5.92. The molecule has 5 nitrogen and oxygen atoms in total. The van der Waals surface area contributed by atoms with Gasteiger partial charge in [0.25, 0.3) is 0 Å². The zero-order chi connectivity index (χ0) is 15.1. The molecule has 0 unspecified atom stereocenters. The molecule has 0 fully saturated rings. The van der Waals surface area contributed by atoms with Crippen molar-refractivity contribution in [3.8, 4) is 11.5 Å². The van der Waals surface area contributed by atoms with Crippen LogP contribution in [0.5, 0.6) is 11.5 Å². The first-order valence-electron chi connectivity index (χ1n) is 5.96. The van der Waals surface area contributed by atoms with Crippen LogP contribution in [0.15, 0.2) is 18.2 Å². The van der Waals surface area contributed by atoms with Crippen molar-refractivity contribution in [1.29, 1.82) is 0 Å². The number of carbonyl (C=O) groups is 1. The number of anilines is 1. The van der Waals surface area contributed by atoms with Gasteiger partial charge in [0.1, 0.15) is 6.61 Å². The lowest BCUT2D eigenvalue weighted by Gasteiger charge is -2.12. The first kappa shape index (κ1) is 16.2. The summed E-state index contributed by atoms with van der Waals surface area (Å²) in [7, 11) is 1.34. The standard InChI is InChI=1S/C13H17F2NO4/c1-8(2)19-7-12(17)16-9-4-5-10(18-3)11(6-9)20-13(14)15/h4-6,8,13H,7H2,1-3H3,(H,16,17). The normalized spacial score (nSPS) is 10.8. The fraction of sp³-hybridized carbons (Fsp3) is 0.462. The molecular formula is C13H17F2NO4. The summed E-state index contributed by atoms with van der Waals surface area (Å²) < 4.78 is 38.8. The van der Waals surface area contributed by atoms with Crippen molar-refractivity contribution in [3.63, 3.8) is 0 Å². The number of methoxy groups -OCH3 is 1. The Morgan fingerprint density at radius 2 is 2.00 bits per heavy atom. The quantitative estimate of drug-likeness (QED) is 0.838. The van der Waals surface area contributed by atoms with Gasteiger partial charge in [-0.1, -0.05) is 0 Å². The van der Waals surface area contributed by atoms with Gasteiger partial charge >= 0.3 is 6.61 Å². The van der Waals surface area contributed by atoms with Crippen molar-refractivity contribution in [1.82, 2.24) is 0 Å². The van der Waals surface area contributed by atoms with E-state index in [1.165, 1.54) is 25.3 Å². The van der Waals surface area contributed by atoms with E-state index in [1.807, 2.05) is 0 Å². The molecule has 1 amide bonds. The number of hydrogen-bond acceptors (Lipinski definition) is 4. The molecule has 20 heavy (non-hydrogen) atoms. The molecule has 0 aliphatic carbocycles. The molecule has 0 spiro atoms. The van der Waals surface area contributed by atoms with Crippen LogP contribution in [0.1, 0.15) is 13.8 Å². The lowest BCUT2D eigenvalue weighted by molar-refractivity contribution is -0.121. The van der Waals surface area contributed by atoms with Gasteiger partial charge in [0.15, 0.2) is 11.5 Å². The molecule has 0 aromatic heterocycles. The van der Waals surface area contributed by atoms with Gasteiger partial charge in [0.2, 0.25) is 5.91 Å². The second-order valence-electron chi connectivity index (χ2n) is 4.15. The predicted octanol–water partition coefficient (Wildman–Crippen LogP) is 2.66. The number of amides is 1. The molecule has 0 saturated carbocycles. The van der Waals surface area contributed by atoms with E-state index in [0.29, 0.717) is 5.69 Å². The molecule has 0 aliphatic rings. The monoisotopic (exact) mass is 289 g/mol. The SMILES string of the molecule is COc1ccc(NC(=O)COC(C)C)cc1OC(F)F. The Kier molecular flexibility index (Phi) is 6.17. The molecule has 0 aliphatic heterocycles. The smallest absolute Gasteiger partial charge is 0.387 e. The Morgan fingerprint density at radius 1 is 1.30 bits per heavy atom. The van der Waals surface area contributed by atoms with E-state index in [0.717, 1.165) is 0 Å². The number of carbonyl (C=O) groups excluding carboxylic acids is 1. The van der Waals surface area contributed by atoms with Gasteiger partial charge in [-0.3, -0.25) is 4.79 Å². The molecule has 0 heterocycles. The Balaban J connectivity index is 2.73. The van der Waals surface area contributed by atoms with Crippen LogP contribution < -0.4 is 14.8 Å². The van der Waals surface area contributed by atoms with Crippen molar-refractivity contribution in [2.24, 2.45) is 0 Å². The van der Waals surface area contributed by atoms with Crippen LogP contribution >= 0.6 is 0 Å². The van der Waals surface area contributed by atoms with Crippen LogP contribution in [0.3, 0.4) is 0 Å². The zero-order valence-electron chi connectivity index (χ0n) is 11.5. The van der Waals surface area contributed by atoms with E-state index >= 15 is 0 Å². The van der Waals surface area contributed by atoms with Gasteiger partial charge in [-0.15, -0.1) is 0 Å². The van der Waals surface area contributed by atoms with Gasteiger partial charge < -0.3 is 19.5 Å². The molecule has 7 heteroatoms. The Labute approximate surface area is 115 Å². The van der Waals surface area contributed by atoms with E-state index in [9.17, 15) is 13.6 Å². The summed E-state index contributed by atoms with van der Waals surface area (Å²) in [6.45, 7) is 0.512. The first-order valence-corrected chi connectivity index (χ1v) is 5.96. The highest BCUT2D eigenvalue weighted by Gasteiger charge is 2.12. The molecule has 0 bridgehead atoms. The number of alkyl halides is 2. The number of ether oxygens (including phenoxy) is 3. The summed E-state index contributed by atoms with van der Waals surface area (Å²) >= 11 is 0. The molecule has 1 aromatic carbocycles. The highest BCUT2D eigenvalue weighted by atomic mass is 19.3. The third-order valence-electron chi connectivity index (χ3n) is 2.21. The minimum atomic E-state index is -2.97. The number of rotatable bonds is 7. The van der Waals surface area contributed by atoms with Crippen LogP contribution in [0, 0.1) is 0 Å². The van der Waals surface area contributed by atoms with E-state index < -0.39 is 6.61 Å². The third kappa shape index (κ3) is 5.40. The van der Waals surface area contributed by atoms with E-state index in [2.05, 4.69) is 10.1 Å². The Hall–Kier alpha value is -1.89. The maximum Gasteiger partial charge on any atom is 0.387 e. The molecule has 1 aromatic rings. The minimum Gasteiger partial charge on any atom is -0.493 e. The molecule has 0 atom stereocenters. The van der Waals surface area contributed by atoms with Gasteiger partial charge in [-0.25, -0.2) is 0 Å². The van der Waals surface area contributed by atoms with Crippen molar-refractivity contribution < 1.29 is 27.8 Å². The Bertz CT molecular complexity index is 452. The van der Waals surface area contributed by atoms with Gasteiger partial charge in [-0.2, -0.15) is 8.78 Å². The molecule has 0 saturated heterocycles. The summed E-state index contributed by atoms with van der Waals surface area (Å²) in [4.78, 5) is 11.5. The zero-order valence-corrected chi connectivity index (χ0v) is 11.5. The second kappa shape index (κ2) is 7.64. The summed E-state index contributed by atoms with van der Waals surface area (Å²) in [6, 6.07) is 4.21. The number of benzene rings is 1. The third-order valence-corrected chi connectivity index (χ3v) is 2.21. The first-order chi connectivity index (χ1) is 9.42. The number of nitrogens with one attached hydrogen (secondary N) is 1. The highest BCUT2D eigenvalue weighted by Crippen LogP contribution is 2.31. The summed E-state index contributed by atoms with van der Waals surface area (Å²) in [5.41, 5.74) is 0.318. The van der Waals surface area contributed by atoms with E-state index in [-0.39, 0.29) is 30.1 Å². The minimum absolute atomic E-state index is 0.0747. The van der Waals surface area contributed by atoms with Crippen LogP contribution in [0.4, 0.5) is 14.5 Å². The summed E-state index contributed by atoms with van der Waals surface area (Å²) in [5, 5.41) is 2.52.